The highest BCUT2D eigenvalue weighted by atomic mass is 16.6. The van der Waals surface area contributed by atoms with Crippen LogP contribution < -0.4 is 31.9 Å². The van der Waals surface area contributed by atoms with Crippen molar-refractivity contribution >= 4 is 65.0 Å². The van der Waals surface area contributed by atoms with Crippen molar-refractivity contribution in [3.05, 3.63) is 0 Å². The van der Waals surface area contributed by atoms with Gasteiger partial charge in [-0.25, -0.2) is 0 Å². The van der Waals surface area contributed by atoms with E-state index in [0.29, 0.717) is 12.8 Å². The van der Waals surface area contributed by atoms with Gasteiger partial charge in [0.1, 0.15) is 48.0 Å². The van der Waals surface area contributed by atoms with Gasteiger partial charge in [0, 0.05) is 26.3 Å². The highest BCUT2D eigenvalue weighted by molar-refractivity contribution is 6.38. The Bertz CT molecular complexity index is 1820. The average molecular weight is 964 g/mol. The Morgan fingerprint density at radius 1 is 0.647 bits per heavy atom. The lowest BCUT2D eigenvalue weighted by Gasteiger charge is -2.33. The van der Waals surface area contributed by atoms with Crippen LogP contribution in [-0.2, 0) is 62.2 Å². The fraction of sp³-hybridized carbons (Fsp3) is 0.766. The van der Waals surface area contributed by atoms with Gasteiger partial charge in [-0.05, 0) is 91.9 Å². The number of ketones is 1. The number of Topliss-reactive ketones (excluding diaryl/α,β-unsaturated/α-hetero) is 1. The Labute approximate surface area is 399 Å². The summed E-state index contributed by atoms with van der Waals surface area (Å²) >= 11 is 0. The maximum atomic E-state index is 14.6. The maximum absolute atomic E-state index is 14.6. The normalized spacial score (nSPS) is 17.6. The number of ether oxygens (including phenoxy) is 2. The smallest absolute Gasteiger partial charge is 0.322 e. The number of rotatable bonds is 25. The number of hydrogen-bond donors (Lipinski definition) is 7. The van der Waals surface area contributed by atoms with Crippen LogP contribution >= 0.6 is 0 Å². The van der Waals surface area contributed by atoms with E-state index in [1.807, 2.05) is 5.32 Å². The number of nitrogens with one attached hydrogen (secondary N) is 6. The molecule has 1 aliphatic heterocycles. The van der Waals surface area contributed by atoms with Crippen molar-refractivity contribution in [2.45, 2.75) is 207 Å². The summed E-state index contributed by atoms with van der Waals surface area (Å²) in [6.07, 6.45) is 4.77. The first-order valence-corrected chi connectivity index (χ1v) is 23.9. The van der Waals surface area contributed by atoms with E-state index in [1.165, 1.54) is 11.8 Å². The number of esters is 2. The van der Waals surface area contributed by atoms with Crippen LogP contribution in [0.5, 0.6) is 0 Å². The van der Waals surface area contributed by atoms with Crippen molar-refractivity contribution in [3.63, 3.8) is 0 Å². The number of carbonyl (C=O) groups excluding carboxylic acids is 10. The van der Waals surface area contributed by atoms with Crippen LogP contribution in [0.2, 0.25) is 0 Å². The monoisotopic (exact) mass is 964 g/mol. The van der Waals surface area contributed by atoms with Crippen molar-refractivity contribution in [2.24, 2.45) is 11.8 Å². The number of likely N-dealkylation sites (tertiary alicyclic amines) is 1. The lowest BCUT2D eigenvalue weighted by molar-refractivity contribution is -0.156. The van der Waals surface area contributed by atoms with Gasteiger partial charge >= 0.3 is 17.9 Å². The van der Waals surface area contributed by atoms with E-state index in [9.17, 15) is 52.7 Å². The summed E-state index contributed by atoms with van der Waals surface area (Å²) < 4.78 is 10.8. The molecule has 6 atom stereocenters. The lowest BCUT2D eigenvalue weighted by atomic mass is 9.84. The van der Waals surface area contributed by atoms with Gasteiger partial charge < -0.3 is 51.4 Å². The summed E-state index contributed by atoms with van der Waals surface area (Å²) in [5.74, 6) is -9.63. The lowest BCUT2D eigenvalue weighted by Crippen LogP contribution is -2.60. The molecule has 0 spiro atoms. The van der Waals surface area contributed by atoms with Crippen LogP contribution in [0.15, 0.2) is 0 Å². The molecule has 1 unspecified atom stereocenters. The molecule has 21 nitrogen and oxygen atoms in total. The predicted octanol–water partition coefficient (Wildman–Crippen LogP) is 1.86. The van der Waals surface area contributed by atoms with E-state index in [4.69, 9.17) is 14.6 Å². The number of amides is 7. The third kappa shape index (κ3) is 21.1. The first kappa shape index (κ1) is 58.5. The van der Waals surface area contributed by atoms with E-state index in [0.717, 1.165) is 32.1 Å². The van der Waals surface area contributed by atoms with Gasteiger partial charge in [0.25, 0.3) is 5.91 Å². The molecule has 1 heterocycles. The zero-order valence-corrected chi connectivity index (χ0v) is 41.6. The maximum Gasteiger partial charge on any atom is 0.322 e. The summed E-state index contributed by atoms with van der Waals surface area (Å²) in [6, 6.07) is -7.49. The molecule has 1 saturated heterocycles. The Balaban J connectivity index is 2.41. The van der Waals surface area contributed by atoms with Crippen molar-refractivity contribution in [2.75, 3.05) is 13.1 Å². The van der Waals surface area contributed by atoms with E-state index in [-0.39, 0.29) is 57.4 Å². The van der Waals surface area contributed by atoms with Crippen LogP contribution in [0.3, 0.4) is 0 Å². The molecule has 0 aromatic carbocycles. The Kier molecular flexibility index (Phi) is 23.6. The third-order valence-electron chi connectivity index (χ3n) is 11.3. The zero-order chi connectivity index (χ0) is 51.5. The molecule has 7 amide bonds. The molecule has 1 aliphatic carbocycles. The molecule has 384 valence electrons. The third-order valence-corrected chi connectivity index (χ3v) is 11.3. The Morgan fingerprint density at radius 3 is 1.68 bits per heavy atom. The molecule has 0 radical (unpaired) electrons. The van der Waals surface area contributed by atoms with Crippen molar-refractivity contribution in [1.29, 1.82) is 0 Å². The van der Waals surface area contributed by atoms with E-state index in [2.05, 4.69) is 26.6 Å². The van der Waals surface area contributed by atoms with Gasteiger partial charge in [0.2, 0.25) is 41.2 Å². The predicted molar refractivity (Wildman–Crippen MR) is 247 cm³/mol. The first-order valence-electron chi connectivity index (χ1n) is 23.9. The first-order chi connectivity index (χ1) is 31.6. The van der Waals surface area contributed by atoms with E-state index in [1.54, 1.807) is 62.3 Å². The zero-order valence-electron chi connectivity index (χ0n) is 41.6. The summed E-state index contributed by atoms with van der Waals surface area (Å²) in [4.78, 5) is 146. The van der Waals surface area contributed by atoms with Crippen LogP contribution in [0.1, 0.15) is 159 Å². The number of aliphatic carboxylic acids is 1. The SMILES string of the molecule is CCCC(NC(=O)[C@@H]1CCCN1C(=O)[C@H](CC1CCCCC1)NC(=O)[C@@H](NC(=O)[C@H](CCC(=O)OC(C)(C)C)NC(=O)[C@H](CCC(=O)OC(C)(C)C)NC(C)=O)C(C)C)C(=O)C(=O)NCC(=O)O. The molecule has 21 heteroatoms. The highest BCUT2D eigenvalue weighted by Crippen LogP contribution is 2.29. The number of nitrogens with zero attached hydrogens (tertiary/aromatic N) is 1. The minimum absolute atomic E-state index is 0.0511. The molecule has 2 fully saturated rings. The molecule has 7 N–H and O–H groups in total. The van der Waals surface area contributed by atoms with Gasteiger partial charge in [-0.1, -0.05) is 59.3 Å². The van der Waals surface area contributed by atoms with Gasteiger partial charge in [-0.3, -0.25) is 52.7 Å². The minimum Gasteiger partial charge on any atom is -0.480 e. The largest absolute Gasteiger partial charge is 0.480 e. The Hall–Kier alpha value is -5.63. The number of carboxylic acid groups (broad SMARTS) is 1. The van der Waals surface area contributed by atoms with E-state index >= 15 is 0 Å². The molecule has 2 rings (SSSR count). The number of carboxylic acids is 1. The van der Waals surface area contributed by atoms with E-state index < -0.39 is 125 Å². The molecule has 0 aromatic heterocycles. The summed E-state index contributed by atoms with van der Waals surface area (Å²) in [5, 5.41) is 24.2. The van der Waals surface area contributed by atoms with Crippen LogP contribution in [0.4, 0.5) is 0 Å². The van der Waals surface area contributed by atoms with Gasteiger partial charge in [-0.15, -0.1) is 0 Å². The molecule has 0 aromatic rings. The fourth-order valence-corrected chi connectivity index (χ4v) is 8.12. The summed E-state index contributed by atoms with van der Waals surface area (Å²) in [5.41, 5.74) is -1.67. The molecular formula is C47H77N7O14. The Morgan fingerprint density at radius 2 is 1.18 bits per heavy atom. The topological polar surface area (TPSA) is 302 Å². The fourth-order valence-electron chi connectivity index (χ4n) is 8.12. The number of hydrogen-bond acceptors (Lipinski definition) is 13. The second-order valence-electron chi connectivity index (χ2n) is 20.1. The average Bonchev–Trinajstić information content (AvgIpc) is 3.73. The molecule has 1 saturated carbocycles. The second-order valence-corrected chi connectivity index (χ2v) is 20.1. The van der Waals surface area contributed by atoms with Crippen LogP contribution in [-0.4, -0.2) is 136 Å². The van der Waals surface area contributed by atoms with Gasteiger partial charge in [0.05, 0.1) is 6.04 Å². The van der Waals surface area contributed by atoms with Crippen molar-refractivity contribution < 1.29 is 67.3 Å². The van der Waals surface area contributed by atoms with Gasteiger partial charge in [0.15, 0.2) is 0 Å². The number of carbonyl (C=O) groups is 11. The second kappa shape index (κ2) is 27.4. The van der Waals surface area contributed by atoms with Gasteiger partial charge in [-0.2, -0.15) is 0 Å². The van der Waals surface area contributed by atoms with Crippen LogP contribution in [0.25, 0.3) is 0 Å². The van der Waals surface area contributed by atoms with Crippen molar-refractivity contribution in [3.8, 4) is 0 Å². The van der Waals surface area contributed by atoms with Crippen molar-refractivity contribution in [1.82, 2.24) is 36.8 Å². The molecular weight excluding hydrogens is 887 g/mol. The quantitative estimate of drug-likeness (QED) is 0.0508. The molecule has 68 heavy (non-hydrogen) atoms. The highest BCUT2D eigenvalue weighted by Gasteiger charge is 2.41. The molecule has 0 bridgehead atoms. The minimum atomic E-state index is -1.45. The van der Waals surface area contributed by atoms with Crippen LogP contribution in [0, 0.1) is 11.8 Å². The summed E-state index contributed by atoms with van der Waals surface area (Å²) in [7, 11) is 0. The summed E-state index contributed by atoms with van der Waals surface area (Å²) in [6.45, 7) is 15.6. The standard InChI is InChI=1S/C47H77N7O14/c1-11-16-30(39(60)44(65)48-26-35(56)57)50-42(63)34-19-15-24-54(34)45(66)33(25-29-17-13-12-14-18-29)52-43(64)38(27(2)3)53-41(62)32(21-23-37(59)68-47(8,9)10)51-40(61)31(49-28(4)55)20-22-36(58)67-46(5,6)7/h27,29-34,38H,11-26H2,1-10H3,(H,48,65)(H,49,55)(H,50,63)(H,51,61)(H,52,64)(H,53,62)(H,56,57)/t30?,31-,32-,33-,34-,38-/m0/s1. The molecule has 2 aliphatic rings.